The second-order valence-corrected chi connectivity index (χ2v) is 7.00. The molecule has 1 N–H and O–H groups in total. The van der Waals surface area contributed by atoms with Crippen LogP contribution in [0.1, 0.15) is 49.8 Å². The quantitative estimate of drug-likeness (QED) is 0.469. The molecule has 1 aromatic rings. The number of piperidine rings is 2. The van der Waals surface area contributed by atoms with Crippen LogP contribution in [0.5, 0.6) is 0 Å². The first kappa shape index (κ1) is 18.8. The lowest BCUT2D eigenvalue weighted by molar-refractivity contribution is -0.141. The van der Waals surface area contributed by atoms with Crippen molar-refractivity contribution in [3.05, 3.63) is 11.9 Å². The van der Waals surface area contributed by atoms with Crippen LogP contribution in [0.4, 0.5) is 5.95 Å². The van der Waals surface area contributed by atoms with Gasteiger partial charge in [0.2, 0.25) is 12.0 Å². The first-order valence-electron chi connectivity index (χ1n) is 9.37. The van der Waals surface area contributed by atoms with Crippen LogP contribution in [-0.4, -0.2) is 66.3 Å². The number of aliphatic imine (C=N–C) groups is 1. The van der Waals surface area contributed by atoms with Gasteiger partial charge in [0.1, 0.15) is 0 Å². The van der Waals surface area contributed by atoms with E-state index in [0.717, 1.165) is 64.1 Å². The number of likely N-dealkylation sites (tertiary alicyclic amines) is 1. The van der Waals surface area contributed by atoms with Crippen molar-refractivity contribution in [2.45, 2.75) is 44.1 Å². The average Bonchev–Trinajstić information content (AvgIpc) is 3.11. The topological polar surface area (TPSA) is 88.8 Å². The molecular formula is C18H27N5O3. The van der Waals surface area contributed by atoms with Crippen LogP contribution in [0, 0.1) is 0 Å². The Balaban J connectivity index is 1.63. The van der Waals surface area contributed by atoms with Crippen molar-refractivity contribution in [2.24, 2.45) is 4.99 Å². The van der Waals surface area contributed by atoms with Crippen molar-refractivity contribution in [1.29, 1.82) is 0 Å². The molecule has 0 saturated carbocycles. The third-order valence-corrected chi connectivity index (χ3v) is 5.44. The number of hydrogen-bond acceptors (Lipinski definition) is 7. The molecule has 0 aromatic carbocycles. The van der Waals surface area contributed by atoms with Gasteiger partial charge in [-0.1, -0.05) is 0 Å². The average molecular weight is 361 g/mol. The molecule has 3 rings (SSSR count). The number of nitrogens with zero attached hydrogens (tertiary/aromatic N) is 4. The SMILES string of the molecule is COC(=O)CCN1CCC(c2cn(C3CCNCC3)c(N=C=O)n2)CC1. The number of esters is 1. The van der Waals surface area contributed by atoms with Crippen LogP contribution >= 0.6 is 0 Å². The molecule has 2 aliphatic rings. The second kappa shape index (κ2) is 9.07. The number of imidazole rings is 1. The van der Waals surface area contributed by atoms with Crippen molar-refractivity contribution < 1.29 is 14.3 Å². The Hall–Kier alpha value is -2.02. The zero-order chi connectivity index (χ0) is 18.4. The summed E-state index contributed by atoms with van der Waals surface area (Å²) in [4.78, 5) is 32.8. The van der Waals surface area contributed by atoms with E-state index < -0.39 is 0 Å². The molecule has 0 radical (unpaired) electrons. The van der Waals surface area contributed by atoms with E-state index >= 15 is 0 Å². The van der Waals surface area contributed by atoms with Gasteiger partial charge in [-0.2, -0.15) is 0 Å². The highest BCUT2D eigenvalue weighted by Gasteiger charge is 2.26. The maximum Gasteiger partial charge on any atom is 0.306 e. The fourth-order valence-corrected chi connectivity index (χ4v) is 3.88. The van der Waals surface area contributed by atoms with Crippen LogP contribution in [0.3, 0.4) is 0 Å². The highest BCUT2D eigenvalue weighted by Crippen LogP contribution is 2.32. The highest BCUT2D eigenvalue weighted by molar-refractivity contribution is 5.69. The molecule has 0 amide bonds. The molecule has 26 heavy (non-hydrogen) atoms. The van der Waals surface area contributed by atoms with Crippen molar-refractivity contribution >= 4 is 18.0 Å². The molecule has 2 saturated heterocycles. The zero-order valence-corrected chi connectivity index (χ0v) is 15.3. The van der Waals surface area contributed by atoms with Crippen LogP contribution in [0.25, 0.3) is 0 Å². The fourth-order valence-electron chi connectivity index (χ4n) is 3.88. The number of aromatic nitrogens is 2. The van der Waals surface area contributed by atoms with Crippen LogP contribution < -0.4 is 5.32 Å². The van der Waals surface area contributed by atoms with E-state index in [1.165, 1.54) is 7.11 Å². The normalized spacial score (nSPS) is 19.9. The summed E-state index contributed by atoms with van der Waals surface area (Å²) in [5.41, 5.74) is 1.02. The second-order valence-electron chi connectivity index (χ2n) is 7.00. The standard InChI is InChI=1S/C18H27N5O3/c1-26-17(25)6-11-22-9-4-14(5-10-22)16-12-23(18(21-16)20-13-24)15-2-7-19-8-3-15/h12,14-15,19H,2-11H2,1H3. The Kier molecular flexibility index (Phi) is 6.55. The maximum absolute atomic E-state index is 11.3. The molecule has 2 aliphatic heterocycles. The van der Waals surface area contributed by atoms with E-state index in [-0.39, 0.29) is 5.97 Å². The van der Waals surface area contributed by atoms with Crippen LogP contribution in [-0.2, 0) is 14.3 Å². The van der Waals surface area contributed by atoms with Crippen molar-refractivity contribution in [3.8, 4) is 0 Å². The van der Waals surface area contributed by atoms with Crippen molar-refractivity contribution in [1.82, 2.24) is 19.8 Å². The van der Waals surface area contributed by atoms with Gasteiger partial charge in [-0.05, 0) is 51.9 Å². The van der Waals surface area contributed by atoms with Gasteiger partial charge >= 0.3 is 5.97 Å². The number of carbonyl (C=O) groups excluding carboxylic acids is 2. The lowest BCUT2D eigenvalue weighted by Crippen LogP contribution is -2.34. The van der Waals surface area contributed by atoms with Crippen molar-refractivity contribution in [3.63, 3.8) is 0 Å². The smallest absolute Gasteiger partial charge is 0.306 e. The number of hydrogen-bond donors (Lipinski definition) is 1. The van der Waals surface area contributed by atoms with Gasteiger partial charge in [0.05, 0.1) is 19.2 Å². The molecule has 0 spiro atoms. The van der Waals surface area contributed by atoms with Crippen molar-refractivity contribution in [2.75, 3.05) is 39.8 Å². The number of nitrogens with one attached hydrogen (secondary N) is 1. The van der Waals surface area contributed by atoms with E-state index in [4.69, 9.17) is 4.74 Å². The number of methoxy groups -OCH3 is 1. The molecule has 142 valence electrons. The molecule has 0 bridgehead atoms. The predicted octanol–water partition coefficient (Wildman–Crippen LogP) is 1.52. The number of isocyanates is 1. The Bertz CT molecular complexity index is 654. The van der Waals surface area contributed by atoms with Gasteiger partial charge in [-0.15, -0.1) is 4.99 Å². The van der Waals surface area contributed by atoms with Gasteiger partial charge in [0.15, 0.2) is 0 Å². The van der Waals surface area contributed by atoms with E-state index in [0.29, 0.717) is 24.3 Å². The third kappa shape index (κ3) is 4.58. The molecule has 8 heteroatoms. The molecule has 0 aliphatic carbocycles. The lowest BCUT2D eigenvalue weighted by atomic mass is 9.94. The van der Waals surface area contributed by atoms with Gasteiger partial charge in [-0.3, -0.25) is 4.79 Å². The first-order valence-corrected chi connectivity index (χ1v) is 9.37. The predicted molar refractivity (Wildman–Crippen MR) is 96.2 cm³/mol. The summed E-state index contributed by atoms with van der Waals surface area (Å²) in [6.07, 6.45) is 8.19. The number of rotatable bonds is 6. The largest absolute Gasteiger partial charge is 0.469 e. The van der Waals surface area contributed by atoms with Gasteiger partial charge < -0.3 is 19.5 Å². The van der Waals surface area contributed by atoms with Gasteiger partial charge in [0.25, 0.3) is 0 Å². The summed E-state index contributed by atoms with van der Waals surface area (Å²) in [7, 11) is 1.42. The summed E-state index contributed by atoms with van der Waals surface area (Å²) in [6, 6.07) is 0.338. The first-order chi connectivity index (χ1) is 12.7. The van der Waals surface area contributed by atoms with Crippen LogP contribution in [0.15, 0.2) is 11.2 Å². The molecule has 0 atom stereocenters. The minimum Gasteiger partial charge on any atom is -0.469 e. The Morgan fingerprint density at radius 1 is 1.35 bits per heavy atom. The Morgan fingerprint density at radius 2 is 2.08 bits per heavy atom. The summed E-state index contributed by atoms with van der Waals surface area (Å²) < 4.78 is 6.76. The molecule has 2 fully saturated rings. The van der Waals surface area contributed by atoms with Crippen LogP contribution in [0.2, 0.25) is 0 Å². The molecule has 1 aromatic heterocycles. The monoisotopic (exact) mass is 361 g/mol. The van der Waals surface area contributed by atoms with E-state index in [1.54, 1.807) is 6.08 Å². The highest BCUT2D eigenvalue weighted by atomic mass is 16.5. The molecule has 0 unspecified atom stereocenters. The molecular weight excluding hydrogens is 334 g/mol. The summed E-state index contributed by atoms with van der Waals surface area (Å²) in [5, 5.41) is 3.35. The fraction of sp³-hybridized carbons (Fsp3) is 0.722. The Morgan fingerprint density at radius 3 is 2.73 bits per heavy atom. The summed E-state index contributed by atoms with van der Waals surface area (Å²) >= 11 is 0. The summed E-state index contributed by atoms with van der Waals surface area (Å²) in [6.45, 7) is 4.56. The maximum atomic E-state index is 11.3. The Labute approximate surface area is 153 Å². The zero-order valence-electron chi connectivity index (χ0n) is 15.3. The number of ether oxygens (including phenoxy) is 1. The van der Waals surface area contributed by atoms with Gasteiger partial charge in [-0.25, -0.2) is 9.78 Å². The molecule has 8 nitrogen and oxygen atoms in total. The van der Waals surface area contributed by atoms with E-state index in [1.807, 2.05) is 0 Å². The number of carbonyl (C=O) groups is 1. The minimum absolute atomic E-state index is 0.163. The summed E-state index contributed by atoms with van der Waals surface area (Å²) in [5.74, 6) is 0.687. The minimum atomic E-state index is -0.163. The van der Waals surface area contributed by atoms with Gasteiger partial charge in [0, 0.05) is 24.7 Å². The molecule has 3 heterocycles. The van der Waals surface area contributed by atoms with E-state index in [2.05, 4.69) is 31.0 Å². The third-order valence-electron chi connectivity index (χ3n) is 5.44. The lowest BCUT2D eigenvalue weighted by Gasteiger charge is -2.30. The van der Waals surface area contributed by atoms with E-state index in [9.17, 15) is 9.59 Å².